The second kappa shape index (κ2) is 42.8. The quantitative estimate of drug-likeness (QED) is 0.0366. The summed E-state index contributed by atoms with van der Waals surface area (Å²) in [6, 6.07) is -0.419. The van der Waals surface area contributed by atoms with Crippen molar-refractivity contribution in [2.45, 2.75) is 373 Å². The van der Waals surface area contributed by atoms with Gasteiger partial charge in [-0.1, -0.05) is 219 Å². The van der Waals surface area contributed by atoms with Gasteiger partial charge in [-0.25, -0.2) is 0 Å². The monoisotopic (exact) mass is 1170 g/mol. The van der Waals surface area contributed by atoms with E-state index < -0.39 is 72.2 Å². The Kier molecular flexibility index (Phi) is 41.7. The number of rotatable bonds is 51. The normalized spacial score (nSPS) is 19.8. The molecule has 0 aromatic heterocycles. The van der Waals surface area contributed by atoms with Crippen molar-refractivity contribution in [3.63, 3.8) is 0 Å². The molecule has 0 aromatic rings. The first kappa shape index (κ1) is 75.0. The Bertz CT molecular complexity index is 1440. The molecule has 0 saturated carbocycles. The summed E-state index contributed by atoms with van der Waals surface area (Å²) in [6.07, 6.45) is 46.0. The van der Waals surface area contributed by atoms with Crippen molar-refractivity contribution in [2.75, 3.05) is 13.2 Å². The maximum Gasteiger partial charge on any atom is 0.220 e. The number of hydrogen-bond acceptors (Lipinski definition) is 8. The first-order chi connectivity index (χ1) is 36.2. The van der Waals surface area contributed by atoms with Gasteiger partial charge in [0.25, 0.3) is 0 Å². The summed E-state index contributed by atoms with van der Waals surface area (Å²) in [5.41, 5.74) is 0. The van der Waals surface area contributed by atoms with Crippen LogP contribution in [0.1, 0.15) is 232 Å². The van der Waals surface area contributed by atoms with Crippen LogP contribution in [0.25, 0.3) is 0 Å². The Labute approximate surface area is 485 Å². The third-order valence-electron chi connectivity index (χ3n) is 14.2. The first-order valence-electron chi connectivity index (χ1n) is 32.8. The Morgan fingerprint density at radius 2 is 0.818 bits per heavy atom. The van der Waals surface area contributed by atoms with Gasteiger partial charge in [-0.15, -0.1) is 0 Å². The van der Waals surface area contributed by atoms with Crippen molar-refractivity contribution in [3.05, 3.63) is 12.2 Å². The lowest BCUT2D eigenvalue weighted by molar-refractivity contribution is -0.292. The third-order valence-corrected chi connectivity index (χ3v) is 19.2. The Morgan fingerprint density at radius 3 is 1.19 bits per heavy atom. The van der Waals surface area contributed by atoms with Crippen molar-refractivity contribution >= 4 is 47.5 Å². The summed E-state index contributed by atoms with van der Waals surface area (Å²) >= 11 is 0. The largest absolute Gasteiger partial charge is 0.415 e. The minimum atomic E-state index is -2.18. The molecule has 0 bridgehead atoms. The van der Waals surface area contributed by atoms with E-state index in [-0.39, 0.29) is 24.7 Å². The Hall–Kier alpha value is 0.0144. The summed E-state index contributed by atoms with van der Waals surface area (Å²) in [7, 11) is -10.4. The summed E-state index contributed by atoms with van der Waals surface area (Å²) in [5.74, 6) is 0.0590. The number of carbonyl (C=O) groups is 1. The minimum Gasteiger partial charge on any atom is -0.415 e. The molecule has 1 heterocycles. The molecule has 77 heavy (non-hydrogen) atoms. The molecule has 0 unspecified atom stereocenters. The van der Waals surface area contributed by atoms with Crippen LogP contribution >= 0.6 is 0 Å². The smallest absolute Gasteiger partial charge is 0.220 e. The molecule has 1 amide bonds. The predicted octanol–water partition coefficient (Wildman–Crippen LogP) is 19.8. The number of hydrogen-bond donors (Lipinski definition) is 1. The third kappa shape index (κ3) is 44.2. The summed E-state index contributed by atoms with van der Waals surface area (Å²) in [5, 5.41) is 3.48. The zero-order valence-electron chi connectivity index (χ0n) is 54.4. The Morgan fingerprint density at radius 1 is 0.455 bits per heavy atom. The van der Waals surface area contributed by atoms with Crippen LogP contribution in [0.3, 0.4) is 0 Å². The molecule has 458 valence electrons. The van der Waals surface area contributed by atoms with E-state index in [9.17, 15) is 4.79 Å². The molecule has 1 saturated heterocycles. The van der Waals surface area contributed by atoms with E-state index in [1.807, 2.05) is 0 Å². The number of allylic oxidation sites excluding steroid dienone is 1. The molecule has 0 aromatic carbocycles. The lowest BCUT2D eigenvalue weighted by Gasteiger charge is -2.51. The van der Waals surface area contributed by atoms with Crippen LogP contribution in [0.2, 0.25) is 98.2 Å². The van der Waals surface area contributed by atoms with E-state index in [0.717, 1.165) is 25.7 Å². The summed E-state index contributed by atoms with van der Waals surface area (Å²) in [6.45, 7) is 38.6. The fourth-order valence-electron chi connectivity index (χ4n) is 10.3. The van der Waals surface area contributed by atoms with Gasteiger partial charge in [-0.2, -0.15) is 0 Å². The van der Waals surface area contributed by atoms with E-state index in [1.54, 1.807) is 0 Å². The van der Waals surface area contributed by atoms with Gasteiger partial charge in [0.15, 0.2) is 47.9 Å². The number of carbonyl (C=O) groups excluding carboxylic acids is 1. The second-order valence-electron chi connectivity index (χ2n) is 28.3. The van der Waals surface area contributed by atoms with Gasteiger partial charge >= 0.3 is 0 Å². The number of unbranched alkanes of at least 4 members (excludes halogenated alkanes) is 31. The predicted molar refractivity (Wildman–Crippen MR) is 346 cm³/mol. The zero-order valence-corrected chi connectivity index (χ0v) is 59.4. The van der Waals surface area contributed by atoms with E-state index >= 15 is 0 Å². The fraction of sp³-hybridized carbons (Fsp3) is 0.952. The highest BCUT2D eigenvalue weighted by molar-refractivity contribution is 6.71. The highest BCUT2D eigenvalue weighted by atomic mass is 28.4. The molecular formula is C63H133NO8Si5. The van der Waals surface area contributed by atoms with Gasteiger partial charge in [-0.05, 0) is 117 Å². The van der Waals surface area contributed by atoms with Crippen LogP contribution < -0.4 is 5.32 Å². The van der Waals surface area contributed by atoms with Crippen molar-refractivity contribution in [1.29, 1.82) is 0 Å². The minimum absolute atomic E-state index is 0.0590. The van der Waals surface area contributed by atoms with E-state index in [2.05, 4.69) is 130 Å². The number of amides is 1. The van der Waals surface area contributed by atoms with E-state index in [0.29, 0.717) is 13.0 Å². The van der Waals surface area contributed by atoms with Crippen molar-refractivity contribution in [1.82, 2.24) is 5.32 Å². The SMILES string of the molecule is CCCCCCCCCCCCC/C=C\[C@H](O[Si](C)(C)C)[C@@H](CO[C@@H]1O[C@H](CO[Si](C)(C)C)[C@@H](O[Si](C)(C)C)[C@H](O[Si](C)(C)C)[C@H]1O[Si](C)(C)C)NC(=O)CCCCCCCCCCCCCCCCCCCCCCC. The molecule has 0 radical (unpaired) electrons. The highest BCUT2D eigenvalue weighted by Gasteiger charge is 2.52. The van der Waals surface area contributed by atoms with Crippen LogP contribution in [0.4, 0.5) is 0 Å². The molecule has 1 rings (SSSR count). The summed E-state index contributed by atoms with van der Waals surface area (Å²) in [4.78, 5) is 14.1. The molecule has 1 N–H and O–H groups in total. The van der Waals surface area contributed by atoms with Gasteiger partial charge in [0.1, 0.15) is 24.4 Å². The van der Waals surface area contributed by atoms with Crippen LogP contribution in [0.15, 0.2) is 12.2 Å². The van der Waals surface area contributed by atoms with Crippen molar-refractivity contribution in [2.24, 2.45) is 0 Å². The maximum atomic E-state index is 14.1. The standard InChI is InChI=1S/C63H133NO8Si5/c1-18-20-22-24-26-28-30-32-33-34-35-36-37-38-39-41-43-45-47-49-51-53-59(65)64-56(57(69-74(6,7)8)52-50-48-46-44-42-40-31-29-27-25-23-21-19-2)54-66-63-62(72-77(15,16)17)61(71-76(12,13)14)60(70-75(9,10)11)58(68-63)55-67-73(3,4)5/h50,52,56-58,60-63H,18-49,51,53-55H2,1-17H3,(H,64,65)/b52-50-/t56-,57+,58-,60-,61+,62-,63-/m1/s1. The number of nitrogens with one attached hydrogen (secondary N) is 1. The van der Waals surface area contributed by atoms with Crippen molar-refractivity contribution in [3.8, 4) is 0 Å². The van der Waals surface area contributed by atoms with Crippen LogP contribution in [-0.4, -0.2) is 104 Å². The maximum absolute atomic E-state index is 14.1. The van der Waals surface area contributed by atoms with Gasteiger partial charge in [0.2, 0.25) is 5.91 Å². The molecule has 1 aliphatic heterocycles. The molecule has 1 aliphatic rings. The van der Waals surface area contributed by atoms with Crippen LogP contribution in [0, 0.1) is 0 Å². The van der Waals surface area contributed by atoms with Crippen LogP contribution in [-0.2, 0) is 36.4 Å². The molecule has 7 atom stereocenters. The molecule has 9 nitrogen and oxygen atoms in total. The molecule has 1 fully saturated rings. The van der Waals surface area contributed by atoms with Gasteiger partial charge in [-0.3, -0.25) is 4.79 Å². The average Bonchev–Trinajstić information content (AvgIpc) is 3.31. The van der Waals surface area contributed by atoms with E-state index in [1.165, 1.54) is 186 Å². The topological polar surface area (TPSA) is 93.7 Å². The second-order valence-corrected chi connectivity index (χ2v) is 50.7. The van der Waals surface area contributed by atoms with Crippen molar-refractivity contribution < 1.29 is 36.4 Å². The van der Waals surface area contributed by atoms with Gasteiger partial charge < -0.3 is 36.9 Å². The molecule has 0 aliphatic carbocycles. The Balaban J connectivity index is 3.11. The lowest BCUT2D eigenvalue weighted by Crippen LogP contribution is -2.66. The zero-order chi connectivity index (χ0) is 57.6. The van der Waals surface area contributed by atoms with Gasteiger partial charge in [0.05, 0.1) is 25.4 Å². The fourth-order valence-corrected chi connectivity index (χ4v) is 15.3. The summed E-state index contributed by atoms with van der Waals surface area (Å²) < 4.78 is 49.1. The molecule has 14 heteroatoms. The lowest BCUT2D eigenvalue weighted by atomic mass is 9.99. The molecular weight excluding hydrogens is 1040 g/mol. The number of ether oxygens (including phenoxy) is 2. The average molecular weight is 1170 g/mol. The van der Waals surface area contributed by atoms with E-state index in [4.69, 9.17) is 31.6 Å². The first-order valence-corrected chi connectivity index (χ1v) is 49.9. The van der Waals surface area contributed by atoms with Crippen LogP contribution in [0.5, 0.6) is 0 Å². The highest BCUT2D eigenvalue weighted by Crippen LogP contribution is 2.35. The molecule has 0 spiro atoms. The van der Waals surface area contributed by atoms with Gasteiger partial charge in [0, 0.05) is 6.42 Å².